The fraction of sp³-hybridized carbons (Fsp3) is 0.533. The predicted molar refractivity (Wildman–Crippen MR) is 80.6 cm³/mol. The van der Waals surface area contributed by atoms with Gasteiger partial charge in [0.2, 0.25) is 0 Å². The van der Waals surface area contributed by atoms with Crippen LogP contribution in [0.15, 0.2) is 18.2 Å². The summed E-state index contributed by atoms with van der Waals surface area (Å²) in [6.07, 6.45) is 0. The topological polar surface area (TPSA) is 46.3 Å². The highest BCUT2D eigenvalue weighted by Crippen LogP contribution is 2.20. The molecular formula is C15H23ClN2O. The van der Waals surface area contributed by atoms with E-state index in [1.54, 1.807) is 6.07 Å². The predicted octanol–water partition coefficient (Wildman–Crippen LogP) is 3.10. The number of carbonyl (C=O) groups is 1. The standard InChI is InChI=1S/C15H23ClN2O/c1-5-18(10-15(3,4)9-17)14(19)12-7-6-11(2)13(16)8-12/h6-8H,5,9-10,17H2,1-4H3. The molecule has 0 atom stereocenters. The van der Waals surface area contributed by atoms with Crippen molar-refractivity contribution >= 4 is 17.5 Å². The smallest absolute Gasteiger partial charge is 0.253 e. The third-order valence-corrected chi connectivity index (χ3v) is 3.67. The highest BCUT2D eigenvalue weighted by Gasteiger charge is 2.23. The molecular weight excluding hydrogens is 260 g/mol. The second kappa shape index (κ2) is 6.40. The molecule has 0 aliphatic carbocycles. The summed E-state index contributed by atoms with van der Waals surface area (Å²) in [5.41, 5.74) is 7.26. The first kappa shape index (κ1) is 16.0. The lowest BCUT2D eigenvalue weighted by Gasteiger charge is -2.31. The van der Waals surface area contributed by atoms with Gasteiger partial charge >= 0.3 is 0 Å². The number of hydrogen-bond acceptors (Lipinski definition) is 2. The lowest BCUT2D eigenvalue weighted by atomic mass is 9.93. The van der Waals surface area contributed by atoms with Gasteiger partial charge in [0.25, 0.3) is 5.91 Å². The van der Waals surface area contributed by atoms with E-state index in [2.05, 4.69) is 13.8 Å². The molecule has 1 rings (SSSR count). The molecule has 1 aromatic rings. The molecule has 1 aromatic carbocycles. The molecule has 0 saturated carbocycles. The van der Waals surface area contributed by atoms with Crippen molar-refractivity contribution in [2.75, 3.05) is 19.6 Å². The lowest BCUT2D eigenvalue weighted by Crippen LogP contribution is -2.42. The molecule has 0 heterocycles. The molecule has 0 spiro atoms. The van der Waals surface area contributed by atoms with Gasteiger partial charge in [0.1, 0.15) is 0 Å². The third kappa shape index (κ3) is 4.22. The molecule has 0 bridgehead atoms. The van der Waals surface area contributed by atoms with E-state index in [0.29, 0.717) is 30.2 Å². The number of benzene rings is 1. The molecule has 4 heteroatoms. The fourth-order valence-corrected chi connectivity index (χ4v) is 2.00. The highest BCUT2D eigenvalue weighted by molar-refractivity contribution is 6.31. The van der Waals surface area contributed by atoms with Crippen LogP contribution >= 0.6 is 11.6 Å². The van der Waals surface area contributed by atoms with E-state index in [9.17, 15) is 4.79 Å². The number of carbonyl (C=O) groups excluding carboxylic acids is 1. The number of hydrogen-bond donors (Lipinski definition) is 1. The van der Waals surface area contributed by atoms with Crippen LogP contribution in [-0.2, 0) is 0 Å². The summed E-state index contributed by atoms with van der Waals surface area (Å²) in [4.78, 5) is 14.3. The minimum absolute atomic E-state index is 0.00549. The third-order valence-electron chi connectivity index (χ3n) is 3.26. The van der Waals surface area contributed by atoms with Crippen molar-refractivity contribution in [1.29, 1.82) is 0 Å². The quantitative estimate of drug-likeness (QED) is 0.902. The van der Waals surface area contributed by atoms with Gasteiger partial charge in [0.05, 0.1) is 0 Å². The summed E-state index contributed by atoms with van der Waals surface area (Å²) in [7, 11) is 0. The monoisotopic (exact) mass is 282 g/mol. The van der Waals surface area contributed by atoms with Crippen LogP contribution in [0.2, 0.25) is 5.02 Å². The van der Waals surface area contributed by atoms with Crippen LogP contribution in [0.25, 0.3) is 0 Å². The zero-order valence-corrected chi connectivity index (χ0v) is 12.9. The summed E-state index contributed by atoms with van der Waals surface area (Å²) in [5, 5.41) is 0.625. The van der Waals surface area contributed by atoms with Crippen molar-refractivity contribution in [3.05, 3.63) is 34.3 Å². The van der Waals surface area contributed by atoms with Crippen LogP contribution < -0.4 is 5.73 Å². The summed E-state index contributed by atoms with van der Waals surface area (Å²) in [5.74, 6) is 0.00549. The Morgan fingerprint density at radius 1 is 1.42 bits per heavy atom. The molecule has 0 saturated heterocycles. The van der Waals surface area contributed by atoms with Crippen molar-refractivity contribution in [2.24, 2.45) is 11.1 Å². The Morgan fingerprint density at radius 3 is 2.53 bits per heavy atom. The first-order chi connectivity index (χ1) is 8.80. The van der Waals surface area contributed by atoms with Crippen LogP contribution in [-0.4, -0.2) is 30.4 Å². The van der Waals surface area contributed by atoms with Crippen LogP contribution in [0.5, 0.6) is 0 Å². The Labute approximate surface area is 120 Å². The van der Waals surface area contributed by atoms with E-state index in [-0.39, 0.29) is 11.3 Å². The minimum atomic E-state index is -0.0832. The molecule has 0 aromatic heterocycles. The van der Waals surface area contributed by atoms with Crippen molar-refractivity contribution in [2.45, 2.75) is 27.7 Å². The van der Waals surface area contributed by atoms with Crippen LogP contribution in [0.3, 0.4) is 0 Å². The Morgan fingerprint density at radius 2 is 2.05 bits per heavy atom. The molecule has 0 fully saturated rings. The summed E-state index contributed by atoms with van der Waals surface area (Å²) in [6, 6.07) is 5.43. The van der Waals surface area contributed by atoms with Gasteiger partial charge in [0.15, 0.2) is 0 Å². The van der Waals surface area contributed by atoms with Crippen LogP contribution in [0.1, 0.15) is 36.7 Å². The number of halogens is 1. The molecule has 0 aliphatic heterocycles. The van der Waals surface area contributed by atoms with Gasteiger partial charge in [-0.05, 0) is 43.5 Å². The van der Waals surface area contributed by atoms with Gasteiger partial charge in [-0.3, -0.25) is 4.79 Å². The van der Waals surface area contributed by atoms with Gasteiger partial charge in [-0.15, -0.1) is 0 Å². The van der Waals surface area contributed by atoms with Gasteiger partial charge in [-0.2, -0.15) is 0 Å². The van der Waals surface area contributed by atoms with E-state index >= 15 is 0 Å². The number of aryl methyl sites for hydroxylation is 1. The van der Waals surface area contributed by atoms with E-state index in [1.165, 1.54) is 0 Å². The fourth-order valence-electron chi connectivity index (χ4n) is 1.82. The van der Waals surface area contributed by atoms with Gasteiger partial charge in [-0.1, -0.05) is 31.5 Å². The molecule has 1 amide bonds. The van der Waals surface area contributed by atoms with E-state index < -0.39 is 0 Å². The number of rotatable bonds is 5. The summed E-state index contributed by atoms with van der Waals surface area (Å²) >= 11 is 6.08. The maximum absolute atomic E-state index is 12.5. The van der Waals surface area contributed by atoms with Crippen molar-refractivity contribution < 1.29 is 4.79 Å². The Balaban J connectivity index is 2.92. The average Bonchev–Trinajstić information content (AvgIpc) is 2.38. The number of nitrogens with zero attached hydrogens (tertiary/aromatic N) is 1. The van der Waals surface area contributed by atoms with Crippen molar-refractivity contribution in [3.8, 4) is 0 Å². The largest absolute Gasteiger partial charge is 0.338 e. The maximum atomic E-state index is 12.5. The van der Waals surface area contributed by atoms with E-state index in [0.717, 1.165) is 5.56 Å². The van der Waals surface area contributed by atoms with Crippen molar-refractivity contribution in [1.82, 2.24) is 4.90 Å². The molecule has 3 nitrogen and oxygen atoms in total. The van der Waals surface area contributed by atoms with Crippen molar-refractivity contribution in [3.63, 3.8) is 0 Å². The second-order valence-electron chi connectivity index (χ2n) is 5.65. The average molecular weight is 283 g/mol. The maximum Gasteiger partial charge on any atom is 0.253 e. The van der Waals surface area contributed by atoms with Gasteiger partial charge < -0.3 is 10.6 Å². The van der Waals surface area contributed by atoms with Gasteiger partial charge in [0, 0.05) is 23.7 Å². The zero-order valence-electron chi connectivity index (χ0n) is 12.2. The molecule has 19 heavy (non-hydrogen) atoms. The number of amides is 1. The van der Waals surface area contributed by atoms with Gasteiger partial charge in [-0.25, -0.2) is 0 Å². The molecule has 0 radical (unpaired) electrons. The highest BCUT2D eigenvalue weighted by atomic mass is 35.5. The summed E-state index contributed by atoms with van der Waals surface area (Å²) < 4.78 is 0. The Hall–Kier alpha value is -1.06. The normalized spacial score (nSPS) is 11.5. The van der Waals surface area contributed by atoms with Crippen LogP contribution in [0.4, 0.5) is 0 Å². The lowest BCUT2D eigenvalue weighted by molar-refractivity contribution is 0.0701. The number of nitrogens with two attached hydrogens (primary N) is 1. The first-order valence-corrected chi connectivity index (χ1v) is 6.94. The zero-order chi connectivity index (χ0) is 14.6. The molecule has 0 unspecified atom stereocenters. The first-order valence-electron chi connectivity index (χ1n) is 6.56. The minimum Gasteiger partial charge on any atom is -0.338 e. The molecule has 2 N–H and O–H groups in total. The summed E-state index contributed by atoms with van der Waals surface area (Å²) in [6.45, 7) is 9.87. The van der Waals surface area contributed by atoms with Crippen LogP contribution in [0, 0.1) is 12.3 Å². The van der Waals surface area contributed by atoms with E-state index in [4.69, 9.17) is 17.3 Å². The SMILES string of the molecule is CCN(CC(C)(C)CN)C(=O)c1ccc(C)c(Cl)c1. The molecule has 106 valence electrons. The Bertz CT molecular complexity index is 457. The molecule has 0 aliphatic rings. The Kier molecular flexibility index (Phi) is 5.39. The second-order valence-corrected chi connectivity index (χ2v) is 6.06. The van der Waals surface area contributed by atoms with E-state index in [1.807, 2.05) is 30.9 Å².